The van der Waals surface area contributed by atoms with E-state index in [1.54, 1.807) is 4.90 Å². The fourth-order valence-electron chi connectivity index (χ4n) is 3.51. The zero-order valence-electron chi connectivity index (χ0n) is 13.9. The molecule has 0 aliphatic carbocycles. The van der Waals surface area contributed by atoms with Crippen molar-refractivity contribution in [2.45, 2.75) is 58.8 Å². The van der Waals surface area contributed by atoms with Crippen molar-refractivity contribution in [2.24, 2.45) is 5.41 Å². The second-order valence-electron chi connectivity index (χ2n) is 7.78. The van der Waals surface area contributed by atoms with Crippen LogP contribution in [0.25, 0.3) is 0 Å². The van der Waals surface area contributed by atoms with E-state index in [0.29, 0.717) is 19.4 Å². The van der Waals surface area contributed by atoms with Crippen molar-refractivity contribution < 1.29 is 14.7 Å². The molecular formula is C18H24N2O3. The molecular weight excluding hydrogens is 292 g/mol. The molecule has 0 aromatic heterocycles. The smallest absolute Gasteiger partial charge is 0.244 e. The van der Waals surface area contributed by atoms with Crippen molar-refractivity contribution in [1.29, 1.82) is 0 Å². The first-order valence-corrected chi connectivity index (χ1v) is 8.14. The van der Waals surface area contributed by atoms with Gasteiger partial charge in [-0.1, -0.05) is 39.0 Å². The van der Waals surface area contributed by atoms with Gasteiger partial charge in [0.15, 0.2) is 0 Å². The van der Waals surface area contributed by atoms with Crippen LogP contribution < -0.4 is 5.32 Å². The van der Waals surface area contributed by atoms with Gasteiger partial charge in [0.25, 0.3) is 0 Å². The summed E-state index contributed by atoms with van der Waals surface area (Å²) in [5.41, 5.74) is 3.39. The second-order valence-corrected chi connectivity index (χ2v) is 7.78. The second kappa shape index (κ2) is 5.73. The van der Waals surface area contributed by atoms with Crippen LogP contribution in [0.3, 0.4) is 0 Å². The van der Waals surface area contributed by atoms with Crippen LogP contribution in [0, 0.1) is 5.41 Å². The summed E-state index contributed by atoms with van der Waals surface area (Å²) < 4.78 is 0. The molecule has 23 heavy (non-hydrogen) atoms. The number of aliphatic hydroxyl groups excluding tert-OH is 1. The molecule has 2 aliphatic rings. The lowest BCUT2D eigenvalue weighted by molar-refractivity contribution is -0.141. The molecule has 1 aromatic carbocycles. The van der Waals surface area contributed by atoms with Gasteiger partial charge in [0.2, 0.25) is 11.8 Å². The van der Waals surface area contributed by atoms with Gasteiger partial charge < -0.3 is 5.11 Å². The Bertz CT molecular complexity index is 648. The number of benzene rings is 1. The molecule has 1 fully saturated rings. The molecule has 0 spiro atoms. The molecule has 0 bridgehead atoms. The average molecular weight is 316 g/mol. The number of imide groups is 1. The Morgan fingerprint density at radius 3 is 2.70 bits per heavy atom. The maximum Gasteiger partial charge on any atom is 0.244 e. The van der Waals surface area contributed by atoms with E-state index >= 15 is 0 Å². The first-order chi connectivity index (χ1) is 10.7. The monoisotopic (exact) mass is 316 g/mol. The Kier molecular flexibility index (Phi) is 4.02. The summed E-state index contributed by atoms with van der Waals surface area (Å²) in [5, 5.41) is 12.9. The highest BCUT2D eigenvalue weighted by atomic mass is 16.3. The van der Waals surface area contributed by atoms with Gasteiger partial charge in [-0.3, -0.25) is 19.8 Å². The Hall–Kier alpha value is -1.72. The van der Waals surface area contributed by atoms with Gasteiger partial charge in [-0.25, -0.2) is 0 Å². The number of hydrogen-bond donors (Lipinski definition) is 2. The molecule has 3 rings (SSSR count). The summed E-state index contributed by atoms with van der Waals surface area (Å²) in [6.45, 7) is 7.14. The molecule has 124 valence electrons. The average Bonchev–Trinajstić information content (AvgIpc) is 2.74. The third-order valence-electron chi connectivity index (χ3n) is 4.50. The van der Waals surface area contributed by atoms with Crippen molar-refractivity contribution in [1.82, 2.24) is 10.2 Å². The lowest BCUT2D eigenvalue weighted by Gasteiger charge is -2.31. The molecule has 5 heteroatoms. The van der Waals surface area contributed by atoms with E-state index in [1.807, 2.05) is 6.07 Å². The zero-order valence-corrected chi connectivity index (χ0v) is 13.9. The maximum absolute atomic E-state index is 12.1. The van der Waals surface area contributed by atoms with Crippen molar-refractivity contribution in [3.05, 3.63) is 34.9 Å². The first-order valence-electron chi connectivity index (χ1n) is 8.14. The van der Waals surface area contributed by atoms with Gasteiger partial charge in [-0.05, 0) is 34.9 Å². The number of rotatable bonds is 2. The van der Waals surface area contributed by atoms with Gasteiger partial charge in [0.1, 0.15) is 6.23 Å². The van der Waals surface area contributed by atoms with Crippen LogP contribution in [0.5, 0.6) is 0 Å². The quantitative estimate of drug-likeness (QED) is 0.818. The number of piperidine rings is 1. The molecule has 1 aromatic rings. The summed E-state index contributed by atoms with van der Waals surface area (Å²) in [5.74, 6) is -0.534. The van der Waals surface area contributed by atoms with Crippen LogP contribution in [-0.2, 0) is 22.6 Å². The number of aliphatic hydroxyl groups is 1. The molecule has 0 saturated carbocycles. The third-order valence-corrected chi connectivity index (χ3v) is 4.50. The highest BCUT2D eigenvalue weighted by molar-refractivity contribution is 6.00. The third kappa shape index (κ3) is 3.31. The van der Waals surface area contributed by atoms with E-state index < -0.39 is 12.3 Å². The van der Waals surface area contributed by atoms with Gasteiger partial charge in [0.05, 0.1) is 6.04 Å². The summed E-state index contributed by atoms with van der Waals surface area (Å²) in [6.07, 6.45) is 0.975. The lowest BCUT2D eigenvalue weighted by atomic mass is 9.87. The van der Waals surface area contributed by atoms with E-state index in [4.69, 9.17) is 0 Å². The van der Waals surface area contributed by atoms with Crippen molar-refractivity contribution in [3.8, 4) is 0 Å². The number of fused-ring (bicyclic) bond motifs is 1. The normalized spacial score (nSPS) is 25.4. The Morgan fingerprint density at radius 1 is 1.30 bits per heavy atom. The van der Waals surface area contributed by atoms with Crippen LogP contribution in [0.1, 0.15) is 56.5 Å². The predicted octanol–water partition coefficient (Wildman–Crippen LogP) is 1.89. The van der Waals surface area contributed by atoms with E-state index in [0.717, 1.165) is 17.5 Å². The predicted molar refractivity (Wildman–Crippen MR) is 86.3 cm³/mol. The van der Waals surface area contributed by atoms with Crippen molar-refractivity contribution in [3.63, 3.8) is 0 Å². The Morgan fingerprint density at radius 2 is 2.04 bits per heavy atom. The molecule has 2 aliphatic heterocycles. The van der Waals surface area contributed by atoms with E-state index in [-0.39, 0.29) is 17.2 Å². The molecule has 2 amide bonds. The van der Waals surface area contributed by atoms with Crippen LogP contribution in [-0.4, -0.2) is 27.9 Å². The largest absolute Gasteiger partial charge is 0.374 e. The van der Waals surface area contributed by atoms with Crippen molar-refractivity contribution in [2.75, 3.05) is 0 Å². The van der Waals surface area contributed by atoms with E-state index in [9.17, 15) is 14.7 Å². The van der Waals surface area contributed by atoms with Crippen LogP contribution in [0.2, 0.25) is 0 Å². The van der Waals surface area contributed by atoms with Gasteiger partial charge in [-0.2, -0.15) is 0 Å². The fourth-order valence-corrected chi connectivity index (χ4v) is 3.51. The number of carbonyl (C=O) groups is 2. The standard InChI is InChI=1S/C18H24N2O3/c1-18(2,3)9-11-4-5-13-12(8-11)10-20(17(13)23)14-6-7-15(21)19-16(14)22/h4-5,8,14,17,23H,6-7,9-10H2,1-3H3,(H,19,21,22). The summed E-state index contributed by atoms with van der Waals surface area (Å²) in [4.78, 5) is 25.1. The van der Waals surface area contributed by atoms with Crippen LogP contribution in [0.15, 0.2) is 18.2 Å². The van der Waals surface area contributed by atoms with Crippen LogP contribution >= 0.6 is 0 Å². The lowest BCUT2D eigenvalue weighted by Crippen LogP contribution is -2.51. The topological polar surface area (TPSA) is 69.6 Å². The maximum atomic E-state index is 12.1. The molecule has 2 heterocycles. The number of amides is 2. The number of hydrogen-bond acceptors (Lipinski definition) is 4. The first kappa shape index (κ1) is 16.1. The van der Waals surface area contributed by atoms with Crippen LogP contribution in [0.4, 0.5) is 0 Å². The zero-order chi connectivity index (χ0) is 16.8. The molecule has 2 unspecified atom stereocenters. The summed E-state index contributed by atoms with van der Waals surface area (Å²) in [7, 11) is 0. The SMILES string of the molecule is CC(C)(C)Cc1ccc2c(c1)CN(C1CCC(=O)NC1=O)C2O. The van der Waals surface area contributed by atoms with Crippen molar-refractivity contribution >= 4 is 11.8 Å². The summed E-state index contributed by atoms with van der Waals surface area (Å²) >= 11 is 0. The molecule has 2 N–H and O–H groups in total. The van der Waals surface area contributed by atoms with E-state index in [2.05, 4.69) is 38.2 Å². The van der Waals surface area contributed by atoms with Gasteiger partial charge in [0, 0.05) is 13.0 Å². The minimum Gasteiger partial charge on any atom is -0.374 e. The number of carbonyl (C=O) groups excluding carboxylic acids is 2. The molecule has 1 saturated heterocycles. The number of nitrogens with one attached hydrogen (secondary N) is 1. The van der Waals surface area contributed by atoms with Gasteiger partial charge in [-0.15, -0.1) is 0 Å². The summed E-state index contributed by atoms with van der Waals surface area (Å²) in [6, 6.07) is 5.71. The highest BCUT2D eigenvalue weighted by Gasteiger charge is 2.39. The minimum atomic E-state index is -0.780. The number of nitrogens with zero attached hydrogens (tertiary/aromatic N) is 1. The van der Waals surface area contributed by atoms with Gasteiger partial charge >= 0.3 is 0 Å². The van der Waals surface area contributed by atoms with E-state index in [1.165, 1.54) is 5.56 Å². The fraction of sp³-hybridized carbons (Fsp3) is 0.556. The molecule has 5 nitrogen and oxygen atoms in total. The Labute approximate surface area is 136 Å². The highest BCUT2D eigenvalue weighted by Crippen LogP contribution is 2.36. The molecule has 0 radical (unpaired) electrons. The molecule has 2 atom stereocenters. The Balaban J connectivity index is 1.80. The minimum absolute atomic E-state index is 0.203.